The Morgan fingerprint density at radius 2 is 1.85 bits per heavy atom. The predicted molar refractivity (Wildman–Crippen MR) is 110 cm³/mol. The van der Waals surface area contributed by atoms with Gasteiger partial charge in [0.05, 0.1) is 7.11 Å². The van der Waals surface area contributed by atoms with E-state index in [1.54, 1.807) is 7.11 Å². The number of aryl methyl sites for hydroxylation is 2. The second-order valence-electron chi connectivity index (χ2n) is 7.10. The summed E-state index contributed by atoms with van der Waals surface area (Å²) in [5.74, 6) is 0.848. The maximum atomic E-state index is 12.4. The highest BCUT2D eigenvalue weighted by molar-refractivity contribution is 5.74. The van der Waals surface area contributed by atoms with Crippen LogP contribution in [-0.4, -0.2) is 50.8 Å². The number of piperazine rings is 1. The number of hydrogen-bond donors (Lipinski definition) is 1. The molecule has 5 nitrogen and oxygen atoms in total. The Kier molecular flexibility index (Phi) is 6.22. The van der Waals surface area contributed by atoms with Crippen LogP contribution in [0.4, 0.5) is 10.5 Å². The fraction of sp³-hybridized carbons (Fsp3) is 0.409. The SMILES string of the molecule is COc1cccc(CCNC(=O)N2CCN(c3ccc(C)cc3C)CC2)c1. The molecule has 0 aromatic heterocycles. The molecule has 2 amide bonds. The van der Waals surface area contributed by atoms with Crippen LogP contribution in [0, 0.1) is 13.8 Å². The van der Waals surface area contributed by atoms with Gasteiger partial charge in [-0.1, -0.05) is 29.8 Å². The molecule has 0 bridgehead atoms. The Morgan fingerprint density at radius 1 is 1.07 bits per heavy atom. The van der Waals surface area contributed by atoms with Crippen molar-refractivity contribution in [2.45, 2.75) is 20.3 Å². The molecule has 1 fully saturated rings. The molecule has 2 aromatic rings. The first-order chi connectivity index (χ1) is 13.1. The topological polar surface area (TPSA) is 44.8 Å². The number of amides is 2. The van der Waals surface area contributed by atoms with E-state index in [0.29, 0.717) is 6.54 Å². The number of ether oxygens (including phenoxy) is 1. The smallest absolute Gasteiger partial charge is 0.317 e. The van der Waals surface area contributed by atoms with Crippen LogP contribution < -0.4 is 15.0 Å². The van der Waals surface area contributed by atoms with Crippen molar-refractivity contribution >= 4 is 11.7 Å². The summed E-state index contributed by atoms with van der Waals surface area (Å²) >= 11 is 0. The van der Waals surface area contributed by atoms with Crippen molar-refractivity contribution in [3.63, 3.8) is 0 Å². The van der Waals surface area contributed by atoms with Gasteiger partial charge in [-0.05, 0) is 49.6 Å². The highest BCUT2D eigenvalue weighted by atomic mass is 16.5. The van der Waals surface area contributed by atoms with Gasteiger partial charge in [0, 0.05) is 38.4 Å². The zero-order valence-corrected chi connectivity index (χ0v) is 16.5. The predicted octanol–water partition coefficient (Wildman–Crippen LogP) is 3.39. The molecule has 144 valence electrons. The first kappa shape index (κ1) is 19.1. The Bertz CT molecular complexity index is 783. The lowest BCUT2D eigenvalue weighted by atomic mass is 10.1. The van der Waals surface area contributed by atoms with Crippen molar-refractivity contribution in [3.8, 4) is 5.75 Å². The fourth-order valence-electron chi connectivity index (χ4n) is 3.56. The summed E-state index contributed by atoms with van der Waals surface area (Å²) in [5, 5.41) is 3.04. The van der Waals surface area contributed by atoms with Crippen LogP contribution in [-0.2, 0) is 6.42 Å². The summed E-state index contributed by atoms with van der Waals surface area (Å²) in [5.41, 5.74) is 5.02. The van der Waals surface area contributed by atoms with Gasteiger partial charge >= 0.3 is 6.03 Å². The number of nitrogens with one attached hydrogen (secondary N) is 1. The molecule has 1 N–H and O–H groups in total. The molecule has 3 rings (SSSR count). The average Bonchev–Trinajstić information content (AvgIpc) is 2.68. The highest BCUT2D eigenvalue weighted by Crippen LogP contribution is 2.22. The monoisotopic (exact) mass is 367 g/mol. The lowest BCUT2D eigenvalue weighted by Crippen LogP contribution is -2.52. The van der Waals surface area contributed by atoms with Crippen LogP contribution >= 0.6 is 0 Å². The number of nitrogens with zero attached hydrogens (tertiary/aromatic N) is 2. The number of carbonyl (C=O) groups excluding carboxylic acids is 1. The summed E-state index contributed by atoms with van der Waals surface area (Å²) in [4.78, 5) is 16.7. The Hall–Kier alpha value is -2.69. The molecule has 1 aliphatic heterocycles. The number of rotatable bonds is 5. The van der Waals surface area contributed by atoms with Gasteiger partial charge in [0.2, 0.25) is 0 Å². The van der Waals surface area contributed by atoms with E-state index in [1.807, 2.05) is 23.1 Å². The lowest BCUT2D eigenvalue weighted by Gasteiger charge is -2.36. The van der Waals surface area contributed by atoms with E-state index in [0.717, 1.165) is 43.9 Å². The maximum Gasteiger partial charge on any atom is 0.317 e. The van der Waals surface area contributed by atoms with Crippen LogP contribution in [0.1, 0.15) is 16.7 Å². The largest absolute Gasteiger partial charge is 0.497 e. The molecule has 0 spiro atoms. The molecule has 0 radical (unpaired) electrons. The van der Waals surface area contributed by atoms with Crippen LogP contribution in [0.2, 0.25) is 0 Å². The second-order valence-corrected chi connectivity index (χ2v) is 7.10. The van der Waals surface area contributed by atoms with Crippen LogP contribution in [0.5, 0.6) is 5.75 Å². The molecule has 1 aliphatic rings. The molecule has 0 atom stereocenters. The minimum atomic E-state index is 0.0261. The minimum Gasteiger partial charge on any atom is -0.497 e. The van der Waals surface area contributed by atoms with Crippen LogP contribution in [0.25, 0.3) is 0 Å². The van der Waals surface area contributed by atoms with E-state index in [-0.39, 0.29) is 6.03 Å². The summed E-state index contributed by atoms with van der Waals surface area (Å²) in [6.07, 6.45) is 0.797. The highest BCUT2D eigenvalue weighted by Gasteiger charge is 2.21. The number of hydrogen-bond acceptors (Lipinski definition) is 3. The summed E-state index contributed by atoms with van der Waals surface area (Å²) < 4.78 is 5.24. The zero-order valence-electron chi connectivity index (χ0n) is 16.5. The first-order valence-electron chi connectivity index (χ1n) is 9.55. The minimum absolute atomic E-state index is 0.0261. The number of carbonyl (C=O) groups is 1. The van der Waals surface area contributed by atoms with Crippen molar-refractivity contribution in [3.05, 3.63) is 59.2 Å². The zero-order chi connectivity index (χ0) is 19.2. The van der Waals surface area contributed by atoms with Gasteiger partial charge in [0.15, 0.2) is 0 Å². The maximum absolute atomic E-state index is 12.4. The molecule has 2 aromatic carbocycles. The number of anilines is 1. The van der Waals surface area contributed by atoms with Crippen LogP contribution in [0.15, 0.2) is 42.5 Å². The van der Waals surface area contributed by atoms with Gasteiger partial charge in [-0.15, -0.1) is 0 Å². The first-order valence-corrected chi connectivity index (χ1v) is 9.55. The summed E-state index contributed by atoms with van der Waals surface area (Å²) in [7, 11) is 1.67. The van der Waals surface area contributed by atoms with E-state index < -0.39 is 0 Å². The van der Waals surface area contributed by atoms with Gasteiger partial charge in [0.25, 0.3) is 0 Å². The van der Waals surface area contributed by atoms with Crippen molar-refractivity contribution in [2.24, 2.45) is 0 Å². The van der Waals surface area contributed by atoms with Crippen molar-refractivity contribution in [2.75, 3.05) is 44.7 Å². The summed E-state index contributed by atoms with van der Waals surface area (Å²) in [6.45, 7) is 8.13. The standard InChI is InChI=1S/C22H29N3O2/c1-17-7-8-21(18(2)15-17)24-11-13-25(14-12-24)22(26)23-10-9-19-5-4-6-20(16-19)27-3/h4-8,15-16H,9-14H2,1-3H3,(H,23,26). The molecule has 0 unspecified atom stereocenters. The van der Waals surface area contributed by atoms with Crippen molar-refractivity contribution in [1.29, 1.82) is 0 Å². The molecular formula is C22H29N3O2. The third-order valence-electron chi connectivity index (χ3n) is 5.08. The molecule has 5 heteroatoms. The molecule has 27 heavy (non-hydrogen) atoms. The molecular weight excluding hydrogens is 338 g/mol. The van der Waals surface area contributed by atoms with E-state index in [1.165, 1.54) is 16.8 Å². The lowest BCUT2D eigenvalue weighted by molar-refractivity contribution is 0.194. The third-order valence-corrected chi connectivity index (χ3v) is 5.08. The van der Waals surface area contributed by atoms with E-state index in [9.17, 15) is 4.79 Å². The quantitative estimate of drug-likeness (QED) is 0.881. The molecule has 0 aliphatic carbocycles. The van der Waals surface area contributed by atoms with Gasteiger partial charge in [-0.3, -0.25) is 0 Å². The number of urea groups is 1. The van der Waals surface area contributed by atoms with E-state index in [4.69, 9.17) is 4.74 Å². The van der Waals surface area contributed by atoms with E-state index >= 15 is 0 Å². The van der Waals surface area contributed by atoms with Gasteiger partial charge in [0.1, 0.15) is 5.75 Å². The molecule has 0 saturated carbocycles. The second kappa shape index (κ2) is 8.80. The van der Waals surface area contributed by atoms with Crippen LogP contribution in [0.3, 0.4) is 0 Å². The normalized spacial score (nSPS) is 14.2. The Balaban J connectivity index is 1.45. The Labute approximate surface area is 161 Å². The Morgan fingerprint density at radius 3 is 2.56 bits per heavy atom. The van der Waals surface area contributed by atoms with Crippen molar-refractivity contribution in [1.82, 2.24) is 10.2 Å². The summed E-state index contributed by atoms with van der Waals surface area (Å²) in [6, 6.07) is 14.5. The number of benzene rings is 2. The average molecular weight is 367 g/mol. The van der Waals surface area contributed by atoms with Crippen molar-refractivity contribution < 1.29 is 9.53 Å². The molecule has 1 saturated heterocycles. The van der Waals surface area contributed by atoms with Gasteiger partial charge < -0.3 is 19.9 Å². The number of methoxy groups -OCH3 is 1. The molecule has 1 heterocycles. The van der Waals surface area contributed by atoms with Gasteiger partial charge in [-0.25, -0.2) is 4.79 Å². The van der Waals surface area contributed by atoms with Gasteiger partial charge in [-0.2, -0.15) is 0 Å². The third kappa shape index (κ3) is 4.94. The van der Waals surface area contributed by atoms with E-state index in [2.05, 4.69) is 48.3 Å². The fourth-order valence-corrected chi connectivity index (χ4v) is 3.56.